The molecular formula is C16H10F2N4S. The van der Waals surface area contributed by atoms with Crippen molar-refractivity contribution in [3.63, 3.8) is 0 Å². The van der Waals surface area contributed by atoms with E-state index in [1.165, 1.54) is 29.1 Å². The third kappa shape index (κ3) is 2.29. The van der Waals surface area contributed by atoms with E-state index >= 15 is 0 Å². The maximum absolute atomic E-state index is 14.0. The molecule has 2 heterocycles. The zero-order valence-corrected chi connectivity index (χ0v) is 12.8. The van der Waals surface area contributed by atoms with Crippen molar-refractivity contribution < 1.29 is 8.78 Å². The minimum Gasteiger partial charge on any atom is -0.276 e. The summed E-state index contributed by atoms with van der Waals surface area (Å²) in [5, 5.41) is 8.78. The number of para-hydroxylation sites is 1. The molecule has 0 unspecified atom stereocenters. The van der Waals surface area contributed by atoms with Gasteiger partial charge in [0.05, 0.1) is 15.2 Å². The smallest absolute Gasteiger partial charge is 0.168 e. The highest BCUT2D eigenvalue weighted by Crippen LogP contribution is 2.29. The lowest BCUT2D eigenvalue weighted by Gasteiger charge is -2.08. The van der Waals surface area contributed by atoms with E-state index < -0.39 is 11.6 Å². The molecule has 4 aromatic rings. The van der Waals surface area contributed by atoms with Crippen LogP contribution < -0.4 is 0 Å². The first kappa shape index (κ1) is 14.0. The molecule has 0 aliphatic carbocycles. The Balaban J connectivity index is 1.91. The van der Waals surface area contributed by atoms with E-state index in [0.717, 1.165) is 15.2 Å². The Morgan fingerprint density at radius 2 is 1.87 bits per heavy atom. The Labute approximate surface area is 134 Å². The summed E-state index contributed by atoms with van der Waals surface area (Å²) in [6, 6.07) is 9.34. The fourth-order valence-electron chi connectivity index (χ4n) is 2.50. The summed E-state index contributed by atoms with van der Waals surface area (Å²) in [5.74, 6) is -0.977. The second kappa shape index (κ2) is 5.20. The lowest BCUT2D eigenvalue weighted by atomic mass is 10.2. The third-order valence-electron chi connectivity index (χ3n) is 3.48. The first-order valence-electron chi connectivity index (χ1n) is 6.85. The van der Waals surface area contributed by atoms with Crippen LogP contribution in [0.25, 0.3) is 27.3 Å². The molecule has 0 N–H and O–H groups in total. The van der Waals surface area contributed by atoms with Gasteiger partial charge in [-0.15, -0.1) is 21.5 Å². The molecule has 0 fully saturated rings. The van der Waals surface area contributed by atoms with Gasteiger partial charge in [0.2, 0.25) is 0 Å². The molecule has 0 saturated heterocycles. The van der Waals surface area contributed by atoms with E-state index in [1.54, 1.807) is 11.3 Å². The van der Waals surface area contributed by atoms with Crippen molar-refractivity contribution in [3.05, 3.63) is 59.4 Å². The molecule has 0 saturated carbocycles. The molecule has 0 aliphatic heterocycles. The van der Waals surface area contributed by atoms with E-state index in [4.69, 9.17) is 0 Å². The van der Waals surface area contributed by atoms with Crippen molar-refractivity contribution in [1.82, 2.24) is 19.7 Å². The fourth-order valence-corrected chi connectivity index (χ4v) is 3.30. The van der Waals surface area contributed by atoms with Gasteiger partial charge >= 0.3 is 0 Å². The van der Waals surface area contributed by atoms with E-state index in [0.29, 0.717) is 11.4 Å². The summed E-state index contributed by atoms with van der Waals surface area (Å²) in [6.45, 7) is 1.93. The first-order chi connectivity index (χ1) is 11.1. The van der Waals surface area contributed by atoms with Crippen LogP contribution in [0.2, 0.25) is 0 Å². The molecule has 0 radical (unpaired) electrons. The van der Waals surface area contributed by atoms with Crippen LogP contribution in [0.3, 0.4) is 0 Å². The molecule has 2 aromatic carbocycles. The predicted octanol–water partition coefficient (Wildman–Crippen LogP) is 4.13. The average Bonchev–Trinajstić information content (AvgIpc) is 3.11. The Morgan fingerprint density at radius 3 is 2.65 bits per heavy atom. The number of rotatable bonds is 2. The van der Waals surface area contributed by atoms with E-state index in [-0.39, 0.29) is 5.69 Å². The summed E-state index contributed by atoms with van der Waals surface area (Å²) < 4.78 is 30.4. The molecule has 0 spiro atoms. The van der Waals surface area contributed by atoms with Crippen LogP contribution in [0.4, 0.5) is 8.78 Å². The summed E-state index contributed by atoms with van der Waals surface area (Å²) in [6.07, 6.45) is 1.30. The number of halogens is 2. The fraction of sp³-hybridized carbons (Fsp3) is 0.0625. The van der Waals surface area contributed by atoms with E-state index in [1.807, 2.05) is 25.1 Å². The molecule has 0 amide bonds. The Morgan fingerprint density at radius 1 is 1.09 bits per heavy atom. The molecule has 0 bridgehead atoms. The Hall–Kier alpha value is -2.67. The molecular weight excluding hydrogens is 318 g/mol. The van der Waals surface area contributed by atoms with Crippen molar-refractivity contribution in [1.29, 1.82) is 0 Å². The number of thiazole rings is 1. The predicted molar refractivity (Wildman–Crippen MR) is 84.6 cm³/mol. The van der Waals surface area contributed by atoms with Crippen LogP contribution in [0, 0.1) is 18.6 Å². The maximum Gasteiger partial charge on any atom is 0.168 e. The second-order valence-electron chi connectivity index (χ2n) is 5.01. The number of fused-ring (bicyclic) bond motifs is 1. The molecule has 0 atom stereocenters. The largest absolute Gasteiger partial charge is 0.276 e. The number of nitrogens with zero attached hydrogens (tertiary/aromatic N) is 4. The molecule has 4 nitrogen and oxygen atoms in total. The van der Waals surface area contributed by atoms with Gasteiger partial charge in [0, 0.05) is 5.56 Å². The van der Waals surface area contributed by atoms with Gasteiger partial charge in [-0.25, -0.2) is 13.8 Å². The van der Waals surface area contributed by atoms with Crippen molar-refractivity contribution in [2.24, 2.45) is 0 Å². The van der Waals surface area contributed by atoms with Crippen molar-refractivity contribution in [2.75, 3.05) is 0 Å². The molecule has 0 aliphatic rings. The highest BCUT2D eigenvalue weighted by atomic mass is 32.1. The SMILES string of the molecule is Cc1nc2cc(-c3nncn3-c3c(F)cccc3F)ccc2s1. The highest BCUT2D eigenvalue weighted by molar-refractivity contribution is 7.18. The van der Waals surface area contributed by atoms with E-state index in [2.05, 4.69) is 15.2 Å². The molecule has 2 aromatic heterocycles. The quantitative estimate of drug-likeness (QED) is 0.556. The highest BCUT2D eigenvalue weighted by Gasteiger charge is 2.17. The van der Waals surface area contributed by atoms with Crippen LogP contribution in [0.5, 0.6) is 0 Å². The number of aryl methyl sites for hydroxylation is 1. The van der Waals surface area contributed by atoms with Gasteiger partial charge in [0.1, 0.15) is 23.6 Å². The standard InChI is InChI=1S/C16H10F2N4S/c1-9-20-13-7-10(5-6-14(13)23-9)16-21-19-8-22(16)15-11(17)3-2-4-12(15)18/h2-8H,1H3. The maximum atomic E-state index is 14.0. The van der Waals surface area contributed by atoms with Gasteiger partial charge in [0.15, 0.2) is 5.82 Å². The van der Waals surface area contributed by atoms with E-state index in [9.17, 15) is 8.78 Å². The molecule has 4 rings (SSSR count). The van der Waals surface area contributed by atoms with Gasteiger partial charge in [-0.1, -0.05) is 6.07 Å². The second-order valence-corrected chi connectivity index (χ2v) is 6.24. The van der Waals surface area contributed by atoms with Gasteiger partial charge in [-0.2, -0.15) is 0 Å². The average molecular weight is 328 g/mol. The minimum absolute atomic E-state index is 0.193. The molecule has 114 valence electrons. The number of aromatic nitrogens is 4. The molecule has 7 heteroatoms. The lowest BCUT2D eigenvalue weighted by molar-refractivity contribution is 0.569. The van der Waals surface area contributed by atoms with Gasteiger partial charge < -0.3 is 0 Å². The van der Waals surface area contributed by atoms with Crippen molar-refractivity contribution in [3.8, 4) is 17.1 Å². The number of benzene rings is 2. The summed E-state index contributed by atoms with van der Waals surface area (Å²) in [5.41, 5.74) is 1.33. The van der Waals surface area contributed by atoms with Crippen LogP contribution in [0.15, 0.2) is 42.7 Å². The lowest BCUT2D eigenvalue weighted by Crippen LogP contribution is -2.02. The van der Waals surface area contributed by atoms with Gasteiger partial charge in [0.25, 0.3) is 0 Å². The minimum atomic E-state index is -0.670. The topological polar surface area (TPSA) is 43.6 Å². The van der Waals surface area contributed by atoms with Crippen LogP contribution >= 0.6 is 11.3 Å². The normalized spacial score (nSPS) is 11.3. The zero-order valence-electron chi connectivity index (χ0n) is 12.0. The third-order valence-corrected chi connectivity index (χ3v) is 4.43. The first-order valence-corrected chi connectivity index (χ1v) is 7.67. The van der Waals surface area contributed by atoms with Crippen LogP contribution in [-0.2, 0) is 0 Å². The Bertz CT molecular complexity index is 1000. The van der Waals surface area contributed by atoms with Crippen LogP contribution in [0.1, 0.15) is 5.01 Å². The van der Waals surface area contributed by atoms with Gasteiger partial charge in [-0.3, -0.25) is 4.57 Å². The number of hydrogen-bond acceptors (Lipinski definition) is 4. The summed E-state index contributed by atoms with van der Waals surface area (Å²) in [4.78, 5) is 4.43. The number of hydrogen-bond donors (Lipinski definition) is 0. The van der Waals surface area contributed by atoms with Crippen molar-refractivity contribution in [2.45, 2.75) is 6.92 Å². The van der Waals surface area contributed by atoms with Crippen LogP contribution in [-0.4, -0.2) is 19.7 Å². The Kier molecular flexibility index (Phi) is 3.16. The zero-order chi connectivity index (χ0) is 16.0. The molecule has 23 heavy (non-hydrogen) atoms. The summed E-state index contributed by atoms with van der Waals surface area (Å²) >= 11 is 1.59. The summed E-state index contributed by atoms with van der Waals surface area (Å²) in [7, 11) is 0. The van der Waals surface area contributed by atoms with Gasteiger partial charge in [-0.05, 0) is 37.3 Å². The monoisotopic (exact) mass is 328 g/mol. The van der Waals surface area contributed by atoms with Crippen molar-refractivity contribution >= 4 is 21.6 Å².